The molecule has 0 radical (unpaired) electrons. The number of hydrogen-bond acceptors (Lipinski definition) is 3. The second-order valence-electron chi connectivity index (χ2n) is 5.34. The molecular formula is C17H20N2O. The monoisotopic (exact) mass is 268 g/mol. The second kappa shape index (κ2) is 5.97. The normalized spacial score (nSPS) is 18.9. The molecule has 1 N–H and O–H groups in total. The summed E-state index contributed by atoms with van der Waals surface area (Å²) in [5.41, 5.74) is 1.12. The zero-order valence-electron chi connectivity index (χ0n) is 11.8. The Kier molecular flexibility index (Phi) is 3.88. The van der Waals surface area contributed by atoms with Crippen molar-refractivity contribution >= 4 is 5.69 Å². The van der Waals surface area contributed by atoms with Crippen LogP contribution in [0.2, 0.25) is 0 Å². The van der Waals surface area contributed by atoms with Gasteiger partial charge in [0, 0.05) is 24.3 Å². The van der Waals surface area contributed by atoms with Crippen LogP contribution >= 0.6 is 0 Å². The smallest absolute Gasteiger partial charge is 0.129 e. The van der Waals surface area contributed by atoms with Gasteiger partial charge in [-0.05, 0) is 44.3 Å². The lowest BCUT2D eigenvalue weighted by molar-refractivity contribution is 0.414. The highest BCUT2D eigenvalue weighted by Crippen LogP contribution is 2.25. The predicted octanol–water partition coefficient (Wildman–Crippen LogP) is 3.59. The maximum atomic E-state index is 5.85. The number of anilines is 1. The van der Waals surface area contributed by atoms with Gasteiger partial charge in [0.1, 0.15) is 11.5 Å². The SMILES string of the molecule is CN1CCC(Nc2cccc(Oc3ccccc3)c2)C1. The van der Waals surface area contributed by atoms with Gasteiger partial charge in [0.05, 0.1) is 0 Å². The number of nitrogens with zero attached hydrogens (tertiary/aromatic N) is 1. The molecule has 0 saturated carbocycles. The Hall–Kier alpha value is -2.00. The summed E-state index contributed by atoms with van der Waals surface area (Å²) in [7, 11) is 2.16. The van der Waals surface area contributed by atoms with Crippen molar-refractivity contribution in [1.82, 2.24) is 4.90 Å². The van der Waals surface area contributed by atoms with Crippen LogP contribution in [0.25, 0.3) is 0 Å². The van der Waals surface area contributed by atoms with Crippen LogP contribution < -0.4 is 10.1 Å². The highest BCUT2D eigenvalue weighted by molar-refractivity contribution is 5.50. The van der Waals surface area contributed by atoms with Crippen molar-refractivity contribution in [3.63, 3.8) is 0 Å². The molecule has 3 heteroatoms. The van der Waals surface area contributed by atoms with Gasteiger partial charge in [-0.3, -0.25) is 0 Å². The quantitative estimate of drug-likeness (QED) is 0.917. The van der Waals surface area contributed by atoms with Crippen LogP contribution in [0, 0.1) is 0 Å². The Bertz CT molecular complexity index is 556. The maximum absolute atomic E-state index is 5.85. The maximum Gasteiger partial charge on any atom is 0.129 e. The van der Waals surface area contributed by atoms with Crippen LogP contribution in [-0.4, -0.2) is 31.1 Å². The van der Waals surface area contributed by atoms with Crippen LogP contribution in [0.4, 0.5) is 5.69 Å². The minimum absolute atomic E-state index is 0.534. The minimum Gasteiger partial charge on any atom is -0.457 e. The van der Waals surface area contributed by atoms with Crippen LogP contribution in [0.3, 0.4) is 0 Å². The molecular weight excluding hydrogens is 248 g/mol. The van der Waals surface area contributed by atoms with Gasteiger partial charge in [-0.25, -0.2) is 0 Å². The Labute approximate surface area is 120 Å². The molecule has 2 aromatic carbocycles. The fourth-order valence-corrected chi connectivity index (χ4v) is 2.56. The molecule has 20 heavy (non-hydrogen) atoms. The van der Waals surface area contributed by atoms with E-state index in [0.29, 0.717) is 6.04 Å². The minimum atomic E-state index is 0.534. The Morgan fingerprint density at radius 1 is 1.05 bits per heavy atom. The topological polar surface area (TPSA) is 24.5 Å². The number of para-hydroxylation sites is 1. The molecule has 0 bridgehead atoms. The first-order valence-corrected chi connectivity index (χ1v) is 7.08. The molecule has 1 atom stereocenters. The molecule has 0 aliphatic carbocycles. The number of likely N-dealkylation sites (tertiary alicyclic amines) is 1. The van der Waals surface area contributed by atoms with Gasteiger partial charge < -0.3 is 15.0 Å². The van der Waals surface area contributed by atoms with Crippen LogP contribution in [0.5, 0.6) is 11.5 Å². The third kappa shape index (κ3) is 3.31. The number of nitrogens with one attached hydrogen (secondary N) is 1. The molecule has 1 heterocycles. The lowest BCUT2D eigenvalue weighted by Crippen LogP contribution is -2.23. The molecule has 2 aromatic rings. The summed E-state index contributed by atoms with van der Waals surface area (Å²) in [6, 6.07) is 18.6. The number of rotatable bonds is 4. The van der Waals surface area contributed by atoms with Crippen molar-refractivity contribution in [3.8, 4) is 11.5 Å². The molecule has 104 valence electrons. The van der Waals surface area contributed by atoms with Crippen molar-refractivity contribution < 1.29 is 4.74 Å². The summed E-state index contributed by atoms with van der Waals surface area (Å²) in [6.07, 6.45) is 1.19. The van der Waals surface area contributed by atoms with Gasteiger partial charge in [0.2, 0.25) is 0 Å². The summed E-state index contributed by atoms with van der Waals surface area (Å²) < 4.78 is 5.85. The van der Waals surface area contributed by atoms with Crippen molar-refractivity contribution in [2.24, 2.45) is 0 Å². The summed E-state index contributed by atoms with van der Waals surface area (Å²) in [5.74, 6) is 1.73. The highest BCUT2D eigenvalue weighted by Gasteiger charge is 2.18. The van der Waals surface area contributed by atoms with E-state index in [1.54, 1.807) is 0 Å². The largest absolute Gasteiger partial charge is 0.457 e. The summed E-state index contributed by atoms with van der Waals surface area (Å²) >= 11 is 0. The number of benzene rings is 2. The summed E-state index contributed by atoms with van der Waals surface area (Å²) in [4.78, 5) is 2.35. The van der Waals surface area contributed by atoms with Gasteiger partial charge in [0.25, 0.3) is 0 Å². The van der Waals surface area contributed by atoms with E-state index in [-0.39, 0.29) is 0 Å². The van der Waals surface area contributed by atoms with Crippen LogP contribution in [0.15, 0.2) is 54.6 Å². The van der Waals surface area contributed by atoms with Gasteiger partial charge in [-0.15, -0.1) is 0 Å². The summed E-state index contributed by atoms with van der Waals surface area (Å²) in [6.45, 7) is 2.27. The molecule has 3 rings (SSSR count). The van der Waals surface area contributed by atoms with E-state index < -0.39 is 0 Å². The van der Waals surface area contributed by atoms with Gasteiger partial charge in [0.15, 0.2) is 0 Å². The molecule has 1 unspecified atom stereocenters. The van der Waals surface area contributed by atoms with Crippen LogP contribution in [-0.2, 0) is 0 Å². The molecule has 1 fully saturated rings. The van der Waals surface area contributed by atoms with E-state index in [4.69, 9.17) is 4.74 Å². The van der Waals surface area contributed by atoms with Gasteiger partial charge in [-0.2, -0.15) is 0 Å². The second-order valence-corrected chi connectivity index (χ2v) is 5.34. The lowest BCUT2D eigenvalue weighted by atomic mass is 10.2. The summed E-state index contributed by atoms with van der Waals surface area (Å²) in [5, 5.41) is 3.58. The number of likely N-dealkylation sites (N-methyl/N-ethyl adjacent to an activating group) is 1. The fraction of sp³-hybridized carbons (Fsp3) is 0.294. The van der Waals surface area contributed by atoms with E-state index in [9.17, 15) is 0 Å². The average Bonchev–Trinajstić information content (AvgIpc) is 2.86. The first kappa shape index (κ1) is 13.0. The van der Waals surface area contributed by atoms with Gasteiger partial charge >= 0.3 is 0 Å². The van der Waals surface area contributed by atoms with Crippen molar-refractivity contribution in [1.29, 1.82) is 0 Å². The first-order chi connectivity index (χ1) is 9.79. The molecule has 3 nitrogen and oxygen atoms in total. The molecule has 0 amide bonds. The van der Waals surface area contributed by atoms with Crippen molar-refractivity contribution in [2.45, 2.75) is 12.5 Å². The molecule has 0 spiro atoms. The molecule has 1 aliphatic rings. The highest BCUT2D eigenvalue weighted by atomic mass is 16.5. The Balaban J connectivity index is 1.67. The Morgan fingerprint density at radius 2 is 1.85 bits per heavy atom. The van der Waals surface area contributed by atoms with Crippen molar-refractivity contribution in [2.75, 3.05) is 25.5 Å². The third-order valence-corrected chi connectivity index (χ3v) is 3.58. The van der Waals surface area contributed by atoms with E-state index in [1.165, 1.54) is 6.42 Å². The van der Waals surface area contributed by atoms with E-state index in [2.05, 4.69) is 29.4 Å². The van der Waals surface area contributed by atoms with E-state index >= 15 is 0 Å². The third-order valence-electron chi connectivity index (χ3n) is 3.58. The number of ether oxygens (including phenoxy) is 1. The van der Waals surface area contributed by atoms with Gasteiger partial charge in [-0.1, -0.05) is 24.3 Å². The Morgan fingerprint density at radius 3 is 2.60 bits per heavy atom. The molecule has 0 aromatic heterocycles. The zero-order valence-corrected chi connectivity index (χ0v) is 11.8. The number of hydrogen-bond donors (Lipinski definition) is 1. The zero-order chi connectivity index (χ0) is 13.8. The van der Waals surface area contributed by atoms with Crippen LogP contribution in [0.1, 0.15) is 6.42 Å². The predicted molar refractivity (Wildman–Crippen MR) is 82.5 cm³/mol. The first-order valence-electron chi connectivity index (χ1n) is 7.08. The molecule has 1 aliphatic heterocycles. The van der Waals surface area contributed by atoms with Crippen molar-refractivity contribution in [3.05, 3.63) is 54.6 Å². The lowest BCUT2D eigenvalue weighted by Gasteiger charge is -2.15. The fourth-order valence-electron chi connectivity index (χ4n) is 2.56. The average molecular weight is 268 g/mol. The van der Waals surface area contributed by atoms with E-state index in [1.807, 2.05) is 42.5 Å². The standard InChI is InChI=1S/C17H20N2O/c1-19-11-10-15(13-19)18-14-6-5-9-17(12-14)20-16-7-3-2-4-8-16/h2-9,12,15,18H,10-11,13H2,1H3. The van der Waals surface area contributed by atoms with E-state index in [0.717, 1.165) is 30.3 Å². The molecule has 1 saturated heterocycles.